The van der Waals surface area contributed by atoms with Gasteiger partial charge in [0.05, 0.1) is 0 Å². The molecule has 0 radical (unpaired) electrons. The summed E-state index contributed by atoms with van der Waals surface area (Å²) in [6.45, 7) is 6.62. The van der Waals surface area contributed by atoms with Gasteiger partial charge in [0, 0.05) is 3.57 Å². The lowest BCUT2D eigenvalue weighted by molar-refractivity contribution is 1.06. The first kappa shape index (κ1) is 10.0. The molecule has 0 amide bonds. The lowest BCUT2D eigenvalue weighted by Crippen LogP contribution is -1.93. The maximum atomic E-state index is 2.44. The summed E-state index contributed by atoms with van der Waals surface area (Å²) >= 11 is 2.44. The Labute approximate surface area is 88.5 Å². The van der Waals surface area contributed by atoms with E-state index in [-0.39, 0.29) is 0 Å². The highest BCUT2D eigenvalue weighted by molar-refractivity contribution is 14.1. The highest BCUT2D eigenvalue weighted by Gasteiger charge is 2.02. The van der Waals surface area contributed by atoms with Crippen molar-refractivity contribution in [1.29, 1.82) is 0 Å². The van der Waals surface area contributed by atoms with Crippen molar-refractivity contribution in [2.45, 2.75) is 33.6 Å². The molecule has 0 fully saturated rings. The quantitative estimate of drug-likeness (QED) is 0.721. The van der Waals surface area contributed by atoms with Crippen LogP contribution in [-0.2, 0) is 12.8 Å². The molecule has 0 saturated heterocycles. The number of hydrogen-bond donors (Lipinski definition) is 0. The molecule has 0 atom stereocenters. The van der Waals surface area contributed by atoms with Gasteiger partial charge in [-0.15, -0.1) is 0 Å². The molecular weight excluding hydrogens is 259 g/mol. The SMILES string of the molecule is CCc1cc(C)c(I)c(CC)c1. The first-order chi connectivity index (χ1) is 5.69. The molecule has 0 unspecified atom stereocenters. The predicted octanol–water partition coefficient (Wildman–Crippen LogP) is 3.72. The molecule has 12 heavy (non-hydrogen) atoms. The standard InChI is InChI=1S/C11H15I/c1-4-9-6-8(3)11(12)10(5-2)7-9/h6-7H,4-5H2,1-3H3. The van der Waals surface area contributed by atoms with Crippen molar-refractivity contribution in [1.82, 2.24) is 0 Å². The Kier molecular flexibility index (Phi) is 3.56. The number of rotatable bonds is 2. The number of aryl methyl sites for hydroxylation is 3. The van der Waals surface area contributed by atoms with E-state index in [0.29, 0.717) is 0 Å². The van der Waals surface area contributed by atoms with Crippen LogP contribution < -0.4 is 0 Å². The molecule has 66 valence electrons. The van der Waals surface area contributed by atoms with Crippen LogP contribution in [0.15, 0.2) is 12.1 Å². The Morgan fingerprint density at radius 3 is 2.33 bits per heavy atom. The summed E-state index contributed by atoms with van der Waals surface area (Å²) in [5.41, 5.74) is 4.38. The van der Waals surface area contributed by atoms with Crippen molar-refractivity contribution in [3.05, 3.63) is 32.4 Å². The Morgan fingerprint density at radius 2 is 1.83 bits per heavy atom. The number of hydrogen-bond acceptors (Lipinski definition) is 0. The first-order valence-electron chi connectivity index (χ1n) is 4.47. The zero-order valence-corrected chi connectivity index (χ0v) is 10.1. The molecule has 0 aromatic heterocycles. The number of benzene rings is 1. The molecule has 0 nitrogen and oxygen atoms in total. The van der Waals surface area contributed by atoms with Crippen molar-refractivity contribution >= 4 is 22.6 Å². The lowest BCUT2D eigenvalue weighted by Gasteiger charge is -2.07. The minimum atomic E-state index is 1.14. The molecule has 1 rings (SSSR count). The normalized spacial score (nSPS) is 10.3. The van der Waals surface area contributed by atoms with Gasteiger partial charge in [0.2, 0.25) is 0 Å². The van der Waals surface area contributed by atoms with Crippen molar-refractivity contribution in [3.8, 4) is 0 Å². The van der Waals surface area contributed by atoms with Gasteiger partial charge < -0.3 is 0 Å². The van der Waals surface area contributed by atoms with Gasteiger partial charge in [0.15, 0.2) is 0 Å². The largest absolute Gasteiger partial charge is 0.0613 e. The van der Waals surface area contributed by atoms with Gasteiger partial charge in [-0.25, -0.2) is 0 Å². The topological polar surface area (TPSA) is 0 Å². The van der Waals surface area contributed by atoms with E-state index in [1.165, 1.54) is 20.3 Å². The molecule has 0 aliphatic rings. The van der Waals surface area contributed by atoms with E-state index in [0.717, 1.165) is 12.8 Å². The molecule has 0 N–H and O–H groups in total. The second-order valence-corrected chi connectivity index (χ2v) is 4.17. The molecular formula is C11H15I. The van der Waals surface area contributed by atoms with Crippen molar-refractivity contribution < 1.29 is 0 Å². The van der Waals surface area contributed by atoms with Crippen LogP contribution in [0.4, 0.5) is 0 Å². The van der Waals surface area contributed by atoms with Crippen LogP contribution in [0.25, 0.3) is 0 Å². The Hall–Kier alpha value is -0.0500. The maximum absolute atomic E-state index is 2.44. The van der Waals surface area contributed by atoms with Crippen LogP contribution in [0.2, 0.25) is 0 Å². The van der Waals surface area contributed by atoms with E-state index >= 15 is 0 Å². The van der Waals surface area contributed by atoms with E-state index in [9.17, 15) is 0 Å². The summed E-state index contributed by atoms with van der Waals surface area (Å²) in [6, 6.07) is 4.62. The van der Waals surface area contributed by atoms with Gasteiger partial charge in [0.1, 0.15) is 0 Å². The fraction of sp³-hybridized carbons (Fsp3) is 0.455. The molecule has 1 aromatic carbocycles. The molecule has 1 heteroatoms. The van der Waals surface area contributed by atoms with Gasteiger partial charge in [-0.2, -0.15) is 0 Å². The fourth-order valence-electron chi connectivity index (χ4n) is 1.38. The second-order valence-electron chi connectivity index (χ2n) is 3.09. The van der Waals surface area contributed by atoms with Crippen molar-refractivity contribution in [2.75, 3.05) is 0 Å². The average molecular weight is 274 g/mol. The summed E-state index contributed by atoms with van der Waals surface area (Å²) in [4.78, 5) is 0. The van der Waals surface area contributed by atoms with Gasteiger partial charge in [0.25, 0.3) is 0 Å². The van der Waals surface area contributed by atoms with E-state index in [2.05, 4.69) is 55.5 Å². The Bertz CT molecular complexity index is 277. The van der Waals surface area contributed by atoms with Crippen LogP contribution in [0, 0.1) is 10.5 Å². The lowest BCUT2D eigenvalue weighted by atomic mass is 10.0. The van der Waals surface area contributed by atoms with E-state index in [1.54, 1.807) is 0 Å². The molecule has 0 aliphatic carbocycles. The summed E-state index contributed by atoms with van der Waals surface area (Å²) in [5, 5.41) is 0. The second kappa shape index (κ2) is 4.26. The van der Waals surface area contributed by atoms with Gasteiger partial charge in [-0.05, 0) is 59.0 Å². The Morgan fingerprint density at radius 1 is 1.17 bits per heavy atom. The van der Waals surface area contributed by atoms with Crippen LogP contribution in [0.1, 0.15) is 30.5 Å². The third-order valence-corrected chi connectivity index (χ3v) is 3.72. The van der Waals surface area contributed by atoms with E-state index < -0.39 is 0 Å². The van der Waals surface area contributed by atoms with E-state index in [4.69, 9.17) is 0 Å². The maximum Gasteiger partial charge on any atom is 0.0191 e. The summed E-state index contributed by atoms with van der Waals surface area (Å²) in [6.07, 6.45) is 2.29. The minimum absolute atomic E-state index is 1.14. The van der Waals surface area contributed by atoms with E-state index in [1.807, 2.05) is 0 Å². The Balaban J connectivity index is 3.19. The molecule has 0 bridgehead atoms. The number of halogens is 1. The fourth-order valence-corrected chi connectivity index (χ4v) is 2.08. The zero-order valence-electron chi connectivity index (χ0n) is 7.95. The van der Waals surface area contributed by atoms with Crippen molar-refractivity contribution in [3.63, 3.8) is 0 Å². The smallest absolute Gasteiger partial charge is 0.0191 e. The third kappa shape index (κ3) is 2.00. The molecule has 0 heterocycles. The minimum Gasteiger partial charge on any atom is -0.0613 e. The molecule has 0 spiro atoms. The van der Waals surface area contributed by atoms with Gasteiger partial charge in [-0.1, -0.05) is 26.0 Å². The summed E-state index contributed by atoms with van der Waals surface area (Å²) in [5.74, 6) is 0. The van der Waals surface area contributed by atoms with Gasteiger partial charge in [-0.3, -0.25) is 0 Å². The van der Waals surface area contributed by atoms with Crippen LogP contribution in [0.5, 0.6) is 0 Å². The zero-order chi connectivity index (χ0) is 9.14. The monoisotopic (exact) mass is 274 g/mol. The highest BCUT2D eigenvalue weighted by Crippen LogP contribution is 2.20. The first-order valence-corrected chi connectivity index (χ1v) is 5.54. The highest BCUT2D eigenvalue weighted by atomic mass is 127. The predicted molar refractivity (Wildman–Crippen MR) is 62.7 cm³/mol. The average Bonchev–Trinajstić information content (AvgIpc) is 2.09. The summed E-state index contributed by atoms with van der Waals surface area (Å²) < 4.78 is 1.44. The molecule has 0 saturated carbocycles. The molecule has 1 aromatic rings. The van der Waals surface area contributed by atoms with Crippen LogP contribution in [0.3, 0.4) is 0 Å². The van der Waals surface area contributed by atoms with Crippen LogP contribution >= 0.6 is 22.6 Å². The van der Waals surface area contributed by atoms with Crippen molar-refractivity contribution in [2.24, 2.45) is 0 Å². The van der Waals surface area contributed by atoms with Gasteiger partial charge >= 0.3 is 0 Å². The third-order valence-electron chi connectivity index (χ3n) is 2.18. The van der Waals surface area contributed by atoms with Crippen LogP contribution in [-0.4, -0.2) is 0 Å². The molecule has 0 aliphatic heterocycles. The summed E-state index contributed by atoms with van der Waals surface area (Å²) in [7, 11) is 0.